The molecule has 4 nitrogen and oxygen atoms in total. The molecule has 30 heavy (non-hydrogen) atoms. The highest BCUT2D eigenvalue weighted by Crippen LogP contribution is 2.23. The van der Waals surface area contributed by atoms with Crippen LogP contribution in [0.5, 0.6) is 11.5 Å². The summed E-state index contributed by atoms with van der Waals surface area (Å²) in [5, 5.41) is 0. The molecular weight excluding hydrogens is 398 g/mol. The number of carbonyl (C=O) groups excluding carboxylic acids is 1. The van der Waals surface area contributed by atoms with Crippen molar-refractivity contribution in [3.05, 3.63) is 95.9 Å². The van der Waals surface area contributed by atoms with Crippen molar-refractivity contribution >= 4 is 17.5 Å². The Bertz CT molecular complexity index is 931. The van der Waals surface area contributed by atoms with Crippen LogP contribution < -0.4 is 9.47 Å². The van der Waals surface area contributed by atoms with E-state index in [2.05, 4.69) is 0 Å². The third kappa shape index (κ3) is 6.26. The molecule has 0 saturated heterocycles. The molecule has 5 heteroatoms. The van der Waals surface area contributed by atoms with E-state index in [9.17, 15) is 4.79 Å². The lowest BCUT2D eigenvalue weighted by Crippen LogP contribution is -2.30. The zero-order valence-corrected chi connectivity index (χ0v) is 18.0. The molecule has 2 aromatic carbocycles. The zero-order chi connectivity index (χ0) is 21.3. The summed E-state index contributed by atoms with van der Waals surface area (Å²) in [5.41, 5.74) is 1.93. The molecule has 0 fully saturated rings. The summed E-state index contributed by atoms with van der Waals surface area (Å²) in [6.45, 7) is 4.46. The summed E-state index contributed by atoms with van der Waals surface area (Å²) >= 11 is 5.87. The second kappa shape index (κ2) is 10.7. The fourth-order valence-corrected chi connectivity index (χ4v) is 3.19. The van der Waals surface area contributed by atoms with Gasteiger partial charge in [0, 0.05) is 12.1 Å². The molecule has 2 aromatic rings. The summed E-state index contributed by atoms with van der Waals surface area (Å²) in [6.07, 6.45) is 8.42. The van der Waals surface area contributed by atoms with E-state index in [-0.39, 0.29) is 17.9 Å². The van der Waals surface area contributed by atoms with E-state index in [0.29, 0.717) is 18.7 Å². The van der Waals surface area contributed by atoms with Crippen LogP contribution in [0.25, 0.3) is 0 Å². The minimum Gasteiger partial charge on any atom is -0.491 e. The topological polar surface area (TPSA) is 38.8 Å². The smallest absolute Gasteiger partial charge is 0.241 e. The van der Waals surface area contributed by atoms with Crippen LogP contribution in [0.4, 0.5) is 0 Å². The molecule has 0 unspecified atom stereocenters. The van der Waals surface area contributed by atoms with E-state index in [1.165, 1.54) is 0 Å². The molecule has 1 aliphatic carbocycles. The SMILES string of the molecule is CC(C)Oc1ccc(OC2=CC=C(N(Cc3ccccc3)C(=O)CCl)CC=C2)cc1. The Morgan fingerprint density at radius 3 is 2.40 bits per heavy atom. The number of hydrogen-bond acceptors (Lipinski definition) is 3. The van der Waals surface area contributed by atoms with E-state index in [1.807, 2.05) is 92.7 Å². The number of benzene rings is 2. The van der Waals surface area contributed by atoms with Gasteiger partial charge in [-0.3, -0.25) is 4.79 Å². The van der Waals surface area contributed by atoms with Crippen LogP contribution in [-0.4, -0.2) is 22.8 Å². The number of carbonyl (C=O) groups is 1. The zero-order valence-electron chi connectivity index (χ0n) is 17.3. The van der Waals surface area contributed by atoms with Crippen molar-refractivity contribution in [2.75, 3.05) is 5.88 Å². The maximum absolute atomic E-state index is 12.5. The number of rotatable bonds is 8. The predicted molar refractivity (Wildman–Crippen MR) is 120 cm³/mol. The van der Waals surface area contributed by atoms with Crippen LogP contribution in [0.2, 0.25) is 0 Å². The Morgan fingerprint density at radius 1 is 1.03 bits per heavy atom. The number of nitrogens with zero attached hydrogens (tertiary/aromatic N) is 1. The summed E-state index contributed by atoms with van der Waals surface area (Å²) in [7, 11) is 0. The Balaban J connectivity index is 1.74. The van der Waals surface area contributed by atoms with Gasteiger partial charge < -0.3 is 14.4 Å². The van der Waals surface area contributed by atoms with Gasteiger partial charge in [0.25, 0.3) is 0 Å². The van der Waals surface area contributed by atoms with Gasteiger partial charge in [0.2, 0.25) is 5.91 Å². The van der Waals surface area contributed by atoms with Crippen molar-refractivity contribution in [1.29, 1.82) is 0 Å². The highest BCUT2D eigenvalue weighted by Gasteiger charge is 2.17. The number of hydrogen-bond donors (Lipinski definition) is 0. The summed E-state index contributed by atoms with van der Waals surface area (Å²) in [4.78, 5) is 14.2. The second-order valence-electron chi connectivity index (χ2n) is 7.17. The van der Waals surface area contributed by atoms with E-state index < -0.39 is 0 Å². The molecule has 0 atom stereocenters. The average Bonchev–Trinajstić information content (AvgIpc) is 2.99. The molecule has 1 aliphatic rings. The minimum absolute atomic E-state index is 0.0637. The van der Waals surface area contributed by atoms with Gasteiger partial charge in [-0.1, -0.05) is 36.4 Å². The van der Waals surface area contributed by atoms with E-state index in [1.54, 1.807) is 4.90 Å². The van der Waals surface area contributed by atoms with Gasteiger partial charge in [0.1, 0.15) is 23.1 Å². The number of halogens is 1. The minimum atomic E-state index is -0.126. The first-order valence-corrected chi connectivity index (χ1v) is 10.5. The molecule has 0 aromatic heterocycles. The molecule has 1 amide bonds. The van der Waals surface area contributed by atoms with Gasteiger partial charge in [-0.15, -0.1) is 11.6 Å². The highest BCUT2D eigenvalue weighted by molar-refractivity contribution is 6.27. The fourth-order valence-electron chi connectivity index (χ4n) is 3.05. The van der Waals surface area contributed by atoms with Gasteiger partial charge >= 0.3 is 0 Å². The maximum atomic E-state index is 12.5. The van der Waals surface area contributed by atoms with Crippen molar-refractivity contribution in [2.45, 2.75) is 32.9 Å². The fraction of sp³-hybridized carbons (Fsp3) is 0.240. The molecule has 0 bridgehead atoms. The van der Waals surface area contributed by atoms with Gasteiger partial charge in [0.05, 0.1) is 12.6 Å². The molecule has 0 N–H and O–H groups in total. The maximum Gasteiger partial charge on any atom is 0.241 e. The second-order valence-corrected chi connectivity index (χ2v) is 7.44. The molecule has 0 aliphatic heterocycles. The van der Waals surface area contributed by atoms with Crippen molar-refractivity contribution in [2.24, 2.45) is 0 Å². The molecule has 0 radical (unpaired) electrons. The van der Waals surface area contributed by atoms with Crippen LogP contribution >= 0.6 is 11.6 Å². The summed E-state index contributed by atoms with van der Waals surface area (Å²) < 4.78 is 11.6. The molecule has 0 spiro atoms. The number of allylic oxidation sites excluding steroid dienone is 4. The van der Waals surface area contributed by atoms with Crippen LogP contribution in [0.1, 0.15) is 25.8 Å². The quantitative estimate of drug-likeness (QED) is 0.500. The Morgan fingerprint density at radius 2 is 1.73 bits per heavy atom. The molecular formula is C25H26ClNO3. The molecule has 3 rings (SSSR count). The van der Waals surface area contributed by atoms with E-state index >= 15 is 0 Å². The van der Waals surface area contributed by atoms with Gasteiger partial charge in [-0.2, -0.15) is 0 Å². The van der Waals surface area contributed by atoms with Gasteiger partial charge in [-0.25, -0.2) is 0 Å². The standard InChI is InChI=1S/C25H26ClNO3/c1-19(2)29-23-13-15-24(16-14-23)30-22-10-6-9-21(11-12-22)27(25(28)17-26)18-20-7-4-3-5-8-20/h3-8,10-16,19H,9,17-18H2,1-2H3. The van der Waals surface area contributed by atoms with Crippen LogP contribution in [0, 0.1) is 0 Å². The van der Waals surface area contributed by atoms with E-state index in [0.717, 1.165) is 22.8 Å². The average molecular weight is 424 g/mol. The lowest BCUT2D eigenvalue weighted by Gasteiger charge is -2.24. The third-order valence-electron chi connectivity index (χ3n) is 4.43. The number of alkyl halides is 1. The Kier molecular flexibility index (Phi) is 7.75. The van der Waals surface area contributed by atoms with Gasteiger partial charge in [0.15, 0.2) is 0 Å². The largest absolute Gasteiger partial charge is 0.491 e. The van der Waals surface area contributed by atoms with Crippen LogP contribution in [-0.2, 0) is 11.3 Å². The number of ether oxygens (including phenoxy) is 2. The highest BCUT2D eigenvalue weighted by atomic mass is 35.5. The normalized spacial score (nSPS) is 13.3. The van der Waals surface area contributed by atoms with E-state index in [4.69, 9.17) is 21.1 Å². The first kappa shape index (κ1) is 21.7. The molecule has 156 valence electrons. The predicted octanol–water partition coefficient (Wildman–Crippen LogP) is 5.85. The summed E-state index contributed by atoms with van der Waals surface area (Å²) in [6, 6.07) is 17.4. The third-order valence-corrected chi connectivity index (χ3v) is 4.65. The van der Waals surface area contributed by atoms with Crippen LogP contribution in [0.15, 0.2) is 90.4 Å². The van der Waals surface area contributed by atoms with Crippen molar-refractivity contribution in [1.82, 2.24) is 4.90 Å². The van der Waals surface area contributed by atoms with Crippen molar-refractivity contribution in [3.63, 3.8) is 0 Å². The first-order chi connectivity index (χ1) is 14.5. The van der Waals surface area contributed by atoms with Crippen molar-refractivity contribution < 1.29 is 14.3 Å². The first-order valence-electron chi connectivity index (χ1n) is 9.97. The molecule has 0 heterocycles. The Hall–Kier alpha value is -2.98. The lowest BCUT2D eigenvalue weighted by molar-refractivity contribution is -0.127. The van der Waals surface area contributed by atoms with Crippen molar-refractivity contribution in [3.8, 4) is 11.5 Å². The monoisotopic (exact) mass is 423 g/mol. The molecule has 0 saturated carbocycles. The number of amides is 1. The lowest BCUT2D eigenvalue weighted by atomic mass is 10.2. The van der Waals surface area contributed by atoms with Gasteiger partial charge in [-0.05, 0) is 61.9 Å². The van der Waals surface area contributed by atoms with Crippen LogP contribution in [0.3, 0.4) is 0 Å². The summed E-state index contributed by atoms with van der Waals surface area (Å²) in [5.74, 6) is 2.03. The Labute approximate surface area is 183 Å².